The number of nitrogens with zero attached hydrogens (tertiary/aromatic N) is 3. The largest absolute Gasteiger partial charge is 0.315 e. The van der Waals surface area contributed by atoms with Gasteiger partial charge in [0.15, 0.2) is 0 Å². The molecule has 0 aromatic carbocycles. The summed E-state index contributed by atoms with van der Waals surface area (Å²) in [6, 6.07) is 0. The van der Waals surface area contributed by atoms with Gasteiger partial charge in [0.2, 0.25) is 10.0 Å². The van der Waals surface area contributed by atoms with Gasteiger partial charge >= 0.3 is 0 Å². The van der Waals surface area contributed by atoms with Crippen LogP contribution in [-0.4, -0.2) is 35.2 Å². The lowest BCUT2D eigenvalue weighted by atomic mass is 9.99. The molecule has 2 N–H and O–H groups in total. The van der Waals surface area contributed by atoms with Crippen LogP contribution in [0.5, 0.6) is 0 Å². The Hall–Kier alpha value is -0.920. The van der Waals surface area contributed by atoms with Gasteiger partial charge in [-0.2, -0.15) is 9.40 Å². The number of sulfonamides is 1. The Balaban J connectivity index is 2.32. The monoisotopic (exact) mass is 258 g/mol. The van der Waals surface area contributed by atoms with Gasteiger partial charge in [-0.1, -0.05) is 6.92 Å². The summed E-state index contributed by atoms with van der Waals surface area (Å²) in [5.41, 5.74) is 5.97. The minimum absolute atomic E-state index is 0.190. The first kappa shape index (κ1) is 12.5. The summed E-state index contributed by atoms with van der Waals surface area (Å²) in [6.07, 6.45) is 4.26. The van der Waals surface area contributed by atoms with Crippen molar-refractivity contribution in [2.45, 2.75) is 30.8 Å². The van der Waals surface area contributed by atoms with E-state index in [1.165, 1.54) is 21.4 Å². The van der Waals surface area contributed by atoms with Crippen LogP contribution in [0, 0.1) is 5.92 Å². The molecule has 7 heteroatoms. The second-order valence-corrected chi connectivity index (χ2v) is 6.47. The van der Waals surface area contributed by atoms with Gasteiger partial charge < -0.3 is 5.73 Å². The SMILES string of the molecule is CC1CCCN(S(=O)(=O)c2cnn(C)c2)C1N. The highest BCUT2D eigenvalue weighted by molar-refractivity contribution is 7.89. The minimum Gasteiger partial charge on any atom is -0.315 e. The van der Waals surface area contributed by atoms with Crippen molar-refractivity contribution >= 4 is 10.0 Å². The fourth-order valence-electron chi connectivity index (χ4n) is 2.12. The Kier molecular flexibility index (Phi) is 3.24. The number of piperidine rings is 1. The van der Waals surface area contributed by atoms with Gasteiger partial charge in [0.25, 0.3) is 0 Å². The molecule has 96 valence electrons. The molecule has 0 saturated carbocycles. The molecule has 1 aromatic heterocycles. The quantitative estimate of drug-likeness (QED) is 0.817. The van der Waals surface area contributed by atoms with E-state index in [2.05, 4.69) is 5.10 Å². The van der Waals surface area contributed by atoms with Crippen LogP contribution in [0.4, 0.5) is 0 Å². The minimum atomic E-state index is -3.50. The molecule has 1 aliphatic heterocycles. The fourth-order valence-corrected chi connectivity index (χ4v) is 3.76. The van der Waals surface area contributed by atoms with Gasteiger partial charge in [-0.15, -0.1) is 0 Å². The molecule has 0 amide bonds. The van der Waals surface area contributed by atoms with Crippen molar-refractivity contribution < 1.29 is 8.42 Å². The van der Waals surface area contributed by atoms with E-state index in [1.54, 1.807) is 7.05 Å². The zero-order valence-corrected chi connectivity index (χ0v) is 10.9. The van der Waals surface area contributed by atoms with Crippen LogP contribution in [0.3, 0.4) is 0 Å². The average molecular weight is 258 g/mol. The molecule has 2 rings (SSSR count). The molecule has 2 heterocycles. The molecule has 2 atom stereocenters. The molecule has 1 aromatic rings. The van der Waals surface area contributed by atoms with Crippen LogP contribution in [0.2, 0.25) is 0 Å². The van der Waals surface area contributed by atoms with Crippen molar-refractivity contribution in [2.24, 2.45) is 18.7 Å². The van der Waals surface area contributed by atoms with Crippen LogP contribution in [0.15, 0.2) is 17.3 Å². The maximum absolute atomic E-state index is 12.3. The van der Waals surface area contributed by atoms with Gasteiger partial charge in [-0.3, -0.25) is 4.68 Å². The van der Waals surface area contributed by atoms with Crippen LogP contribution in [-0.2, 0) is 17.1 Å². The van der Waals surface area contributed by atoms with Crippen LogP contribution < -0.4 is 5.73 Å². The van der Waals surface area contributed by atoms with Crippen LogP contribution in [0.1, 0.15) is 19.8 Å². The van der Waals surface area contributed by atoms with E-state index in [4.69, 9.17) is 5.73 Å². The molecule has 2 unspecified atom stereocenters. The molecular formula is C10H18N4O2S. The molecular weight excluding hydrogens is 240 g/mol. The second kappa shape index (κ2) is 4.40. The summed E-state index contributed by atoms with van der Waals surface area (Å²) in [5.74, 6) is 0.190. The molecule has 1 saturated heterocycles. The first-order valence-electron chi connectivity index (χ1n) is 5.69. The lowest BCUT2D eigenvalue weighted by Gasteiger charge is -2.36. The average Bonchev–Trinajstić information content (AvgIpc) is 2.69. The molecule has 17 heavy (non-hydrogen) atoms. The highest BCUT2D eigenvalue weighted by Crippen LogP contribution is 2.26. The van der Waals surface area contributed by atoms with Crippen LogP contribution in [0.25, 0.3) is 0 Å². The summed E-state index contributed by atoms with van der Waals surface area (Å²) >= 11 is 0. The zero-order chi connectivity index (χ0) is 12.6. The Morgan fingerprint density at radius 3 is 2.82 bits per heavy atom. The van der Waals surface area contributed by atoms with Crippen molar-refractivity contribution in [3.63, 3.8) is 0 Å². The van der Waals surface area contributed by atoms with Crippen molar-refractivity contribution in [3.05, 3.63) is 12.4 Å². The Morgan fingerprint density at radius 2 is 2.24 bits per heavy atom. The lowest BCUT2D eigenvalue weighted by molar-refractivity contribution is 0.192. The summed E-state index contributed by atoms with van der Waals surface area (Å²) in [7, 11) is -1.81. The number of aromatic nitrogens is 2. The number of nitrogens with two attached hydrogens (primary N) is 1. The summed E-state index contributed by atoms with van der Waals surface area (Å²) < 4.78 is 27.6. The molecule has 1 fully saturated rings. The highest BCUT2D eigenvalue weighted by atomic mass is 32.2. The van der Waals surface area contributed by atoms with E-state index >= 15 is 0 Å². The molecule has 1 aliphatic rings. The van der Waals surface area contributed by atoms with Gasteiger partial charge in [-0.05, 0) is 18.8 Å². The predicted molar refractivity (Wildman–Crippen MR) is 63.5 cm³/mol. The Labute approximate surface area is 101 Å². The van der Waals surface area contributed by atoms with E-state index in [9.17, 15) is 8.42 Å². The number of aryl methyl sites for hydroxylation is 1. The Morgan fingerprint density at radius 1 is 1.53 bits per heavy atom. The molecule has 6 nitrogen and oxygen atoms in total. The number of hydrogen-bond donors (Lipinski definition) is 1. The molecule has 0 spiro atoms. The summed E-state index contributed by atoms with van der Waals surface area (Å²) in [4.78, 5) is 0.213. The lowest BCUT2D eigenvalue weighted by Crippen LogP contribution is -2.52. The maximum Gasteiger partial charge on any atom is 0.247 e. The number of rotatable bonds is 2. The van der Waals surface area contributed by atoms with Crippen molar-refractivity contribution in [3.8, 4) is 0 Å². The van der Waals surface area contributed by atoms with E-state index in [1.807, 2.05) is 6.92 Å². The van der Waals surface area contributed by atoms with E-state index in [-0.39, 0.29) is 10.8 Å². The van der Waals surface area contributed by atoms with Crippen molar-refractivity contribution in [2.75, 3.05) is 6.54 Å². The third kappa shape index (κ3) is 2.22. The smallest absolute Gasteiger partial charge is 0.247 e. The predicted octanol–water partition coefficient (Wildman–Crippen LogP) is 0.126. The van der Waals surface area contributed by atoms with Gasteiger partial charge in [0, 0.05) is 19.8 Å². The van der Waals surface area contributed by atoms with Crippen molar-refractivity contribution in [1.82, 2.24) is 14.1 Å². The summed E-state index contributed by atoms with van der Waals surface area (Å²) in [5, 5.41) is 3.89. The topological polar surface area (TPSA) is 81.2 Å². The first-order chi connectivity index (χ1) is 7.93. The third-order valence-corrected chi connectivity index (χ3v) is 5.09. The molecule has 0 radical (unpaired) electrons. The maximum atomic E-state index is 12.3. The molecule has 0 bridgehead atoms. The number of hydrogen-bond acceptors (Lipinski definition) is 4. The second-order valence-electron chi connectivity index (χ2n) is 4.58. The Bertz CT molecular complexity index is 496. The zero-order valence-electron chi connectivity index (χ0n) is 10.1. The summed E-state index contributed by atoms with van der Waals surface area (Å²) in [6.45, 7) is 2.47. The normalized spacial score (nSPS) is 27.2. The van der Waals surface area contributed by atoms with Gasteiger partial charge in [-0.25, -0.2) is 8.42 Å². The van der Waals surface area contributed by atoms with E-state index in [0.717, 1.165) is 12.8 Å². The van der Waals surface area contributed by atoms with E-state index in [0.29, 0.717) is 6.54 Å². The highest BCUT2D eigenvalue weighted by Gasteiger charge is 2.35. The standard InChI is InChI=1S/C10H18N4O2S/c1-8-4-3-5-14(10(8)11)17(15,16)9-6-12-13(2)7-9/h6-8,10H,3-5,11H2,1-2H3. The molecule has 0 aliphatic carbocycles. The van der Waals surface area contributed by atoms with Crippen LogP contribution >= 0.6 is 0 Å². The third-order valence-electron chi connectivity index (χ3n) is 3.24. The van der Waals surface area contributed by atoms with E-state index < -0.39 is 16.2 Å². The fraction of sp³-hybridized carbons (Fsp3) is 0.700. The first-order valence-corrected chi connectivity index (χ1v) is 7.13. The van der Waals surface area contributed by atoms with Gasteiger partial charge in [0.1, 0.15) is 4.90 Å². The van der Waals surface area contributed by atoms with Crippen molar-refractivity contribution in [1.29, 1.82) is 0 Å². The van der Waals surface area contributed by atoms with Gasteiger partial charge in [0.05, 0.1) is 12.4 Å².